The van der Waals surface area contributed by atoms with Crippen molar-refractivity contribution in [2.75, 3.05) is 0 Å². The van der Waals surface area contributed by atoms with E-state index in [4.69, 9.17) is 10.5 Å². The van der Waals surface area contributed by atoms with Crippen molar-refractivity contribution in [1.82, 2.24) is 0 Å². The molecule has 21 heavy (non-hydrogen) atoms. The summed E-state index contributed by atoms with van der Waals surface area (Å²) in [7, 11) is 0. The Morgan fingerprint density at radius 1 is 0.905 bits per heavy atom. The first kappa shape index (κ1) is 15.6. The number of rotatable bonds is 7. The van der Waals surface area contributed by atoms with Gasteiger partial charge in [-0.05, 0) is 55.0 Å². The molecule has 0 fully saturated rings. The van der Waals surface area contributed by atoms with E-state index in [0.717, 1.165) is 30.8 Å². The normalized spacial score (nSPS) is 13.7. The van der Waals surface area contributed by atoms with Crippen LogP contribution in [0.3, 0.4) is 0 Å². The fourth-order valence-electron chi connectivity index (χ4n) is 2.32. The van der Waals surface area contributed by atoms with Crippen molar-refractivity contribution in [2.24, 2.45) is 5.73 Å². The third-order valence-corrected chi connectivity index (χ3v) is 3.92. The van der Waals surface area contributed by atoms with E-state index in [1.165, 1.54) is 5.56 Å². The lowest BCUT2D eigenvalue weighted by Gasteiger charge is -2.15. The van der Waals surface area contributed by atoms with Gasteiger partial charge in [0.1, 0.15) is 11.5 Å². The minimum absolute atomic E-state index is 0.327. The summed E-state index contributed by atoms with van der Waals surface area (Å²) in [5.74, 6) is 2.28. The molecule has 0 saturated carbocycles. The fourth-order valence-corrected chi connectivity index (χ4v) is 2.32. The second kappa shape index (κ2) is 7.84. The maximum absolute atomic E-state index is 5.99. The molecule has 2 heteroatoms. The molecule has 0 saturated heterocycles. The molecule has 0 bridgehead atoms. The molecule has 2 aromatic carbocycles. The molecule has 2 nitrogen and oxygen atoms in total. The zero-order valence-electron chi connectivity index (χ0n) is 13.0. The predicted octanol–water partition coefficient (Wildman–Crippen LogP) is 5.10. The van der Waals surface area contributed by atoms with Crippen molar-refractivity contribution in [2.45, 2.75) is 45.1 Å². The highest BCUT2D eigenvalue weighted by Crippen LogP contribution is 2.26. The topological polar surface area (TPSA) is 35.2 Å². The van der Waals surface area contributed by atoms with Crippen LogP contribution in [0.1, 0.15) is 44.6 Å². The molecule has 0 aliphatic carbocycles. The Hall–Kier alpha value is -1.80. The van der Waals surface area contributed by atoms with Crippen LogP contribution in [0.4, 0.5) is 0 Å². The highest BCUT2D eigenvalue weighted by molar-refractivity contribution is 5.33. The number of hydrogen-bond acceptors (Lipinski definition) is 2. The number of hydrogen-bond donors (Lipinski definition) is 1. The summed E-state index contributed by atoms with van der Waals surface area (Å²) >= 11 is 0. The lowest BCUT2D eigenvalue weighted by molar-refractivity contribution is 0.481. The zero-order valence-corrected chi connectivity index (χ0v) is 13.0. The van der Waals surface area contributed by atoms with Crippen LogP contribution in [0.5, 0.6) is 11.5 Å². The Kier molecular flexibility index (Phi) is 5.82. The number of para-hydroxylation sites is 1. The van der Waals surface area contributed by atoms with Gasteiger partial charge < -0.3 is 10.5 Å². The Morgan fingerprint density at radius 2 is 1.52 bits per heavy atom. The molecule has 112 valence electrons. The third kappa shape index (κ3) is 4.91. The smallest absolute Gasteiger partial charge is 0.127 e. The summed E-state index contributed by atoms with van der Waals surface area (Å²) in [6, 6.07) is 18.6. The standard InChI is InChI=1S/C19H25NO/c1-3-17(20)12-9-15(2)16-10-13-19(14-11-16)21-18-7-5-4-6-8-18/h4-8,10-11,13-15,17H,3,9,12,20H2,1-2H3. The molecule has 0 spiro atoms. The molecular formula is C19H25NO. The molecule has 0 heterocycles. The van der Waals surface area contributed by atoms with Crippen LogP contribution in [-0.2, 0) is 0 Å². The van der Waals surface area contributed by atoms with E-state index in [1.54, 1.807) is 0 Å². The molecular weight excluding hydrogens is 258 g/mol. The van der Waals surface area contributed by atoms with Crippen molar-refractivity contribution >= 4 is 0 Å². The van der Waals surface area contributed by atoms with Crippen LogP contribution in [0.15, 0.2) is 54.6 Å². The van der Waals surface area contributed by atoms with Crippen LogP contribution < -0.4 is 10.5 Å². The number of ether oxygens (including phenoxy) is 1. The van der Waals surface area contributed by atoms with Gasteiger partial charge in [-0.3, -0.25) is 0 Å². The summed E-state index contributed by atoms with van der Waals surface area (Å²) in [5.41, 5.74) is 7.34. The van der Waals surface area contributed by atoms with Crippen LogP contribution in [0.2, 0.25) is 0 Å². The second-order valence-corrected chi connectivity index (χ2v) is 5.63. The van der Waals surface area contributed by atoms with E-state index in [-0.39, 0.29) is 0 Å². The average molecular weight is 283 g/mol. The highest BCUT2D eigenvalue weighted by atomic mass is 16.5. The zero-order chi connectivity index (χ0) is 15.1. The molecule has 2 aromatic rings. The van der Waals surface area contributed by atoms with Gasteiger partial charge in [-0.2, -0.15) is 0 Å². The molecule has 2 atom stereocenters. The van der Waals surface area contributed by atoms with Crippen LogP contribution >= 0.6 is 0 Å². The van der Waals surface area contributed by atoms with E-state index in [2.05, 4.69) is 26.0 Å². The van der Waals surface area contributed by atoms with Gasteiger partial charge in [0.15, 0.2) is 0 Å². The average Bonchev–Trinajstić information content (AvgIpc) is 2.54. The number of benzene rings is 2. The van der Waals surface area contributed by atoms with Crippen molar-refractivity contribution in [3.05, 3.63) is 60.2 Å². The molecule has 0 aromatic heterocycles. The molecule has 0 aliphatic heterocycles. The van der Waals surface area contributed by atoms with Gasteiger partial charge >= 0.3 is 0 Å². The second-order valence-electron chi connectivity index (χ2n) is 5.63. The highest BCUT2D eigenvalue weighted by Gasteiger charge is 2.08. The Labute approximate surface area is 127 Å². The molecule has 2 unspecified atom stereocenters. The van der Waals surface area contributed by atoms with E-state index < -0.39 is 0 Å². The van der Waals surface area contributed by atoms with E-state index in [9.17, 15) is 0 Å². The maximum atomic E-state index is 5.99. The summed E-state index contributed by atoms with van der Waals surface area (Å²) in [5, 5.41) is 0. The Balaban J connectivity index is 1.92. The Morgan fingerprint density at radius 3 is 2.14 bits per heavy atom. The van der Waals surface area contributed by atoms with Gasteiger partial charge in [-0.15, -0.1) is 0 Å². The van der Waals surface area contributed by atoms with Gasteiger partial charge in [0.2, 0.25) is 0 Å². The van der Waals surface area contributed by atoms with Crippen LogP contribution in [0, 0.1) is 0 Å². The van der Waals surface area contributed by atoms with Gasteiger partial charge in [-0.1, -0.05) is 44.2 Å². The number of nitrogens with two attached hydrogens (primary N) is 1. The largest absolute Gasteiger partial charge is 0.457 e. The maximum Gasteiger partial charge on any atom is 0.127 e. The molecule has 0 amide bonds. The monoisotopic (exact) mass is 283 g/mol. The van der Waals surface area contributed by atoms with Gasteiger partial charge in [0.05, 0.1) is 0 Å². The minimum Gasteiger partial charge on any atom is -0.457 e. The first-order valence-corrected chi connectivity index (χ1v) is 7.77. The van der Waals surface area contributed by atoms with Crippen LogP contribution in [-0.4, -0.2) is 6.04 Å². The van der Waals surface area contributed by atoms with Crippen LogP contribution in [0.25, 0.3) is 0 Å². The molecule has 2 N–H and O–H groups in total. The minimum atomic E-state index is 0.327. The lowest BCUT2D eigenvalue weighted by atomic mass is 9.94. The van der Waals surface area contributed by atoms with E-state index in [1.807, 2.05) is 42.5 Å². The fraction of sp³-hybridized carbons (Fsp3) is 0.368. The van der Waals surface area contributed by atoms with Crippen molar-refractivity contribution < 1.29 is 4.74 Å². The van der Waals surface area contributed by atoms with Crippen molar-refractivity contribution in [3.8, 4) is 11.5 Å². The van der Waals surface area contributed by atoms with E-state index >= 15 is 0 Å². The first-order valence-electron chi connectivity index (χ1n) is 7.77. The van der Waals surface area contributed by atoms with E-state index in [0.29, 0.717) is 12.0 Å². The van der Waals surface area contributed by atoms with Crippen molar-refractivity contribution in [3.63, 3.8) is 0 Å². The summed E-state index contributed by atoms with van der Waals surface area (Å²) in [6.07, 6.45) is 3.27. The molecule has 0 aliphatic rings. The molecule has 0 radical (unpaired) electrons. The summed E-state index contributed by atoms with van der Waals surface area (Å²) in [4.78, 5) is 0. The van der Waals surface area contributed by atoms with Crippen molar-refractivity contribution in [1.29, 1.82) is 0 Å². The first-order chi connectivity index (χ1) is 10.2. The SMILES string of the molecule is CCC(N)CCC(C)c1ccc(Oc2ccccc2)cc1. The lowest BCUT2D eigenvalue weighted by Crippen LogP contribution is -2.18. The summed E-state index contributed by atoms with van der Waals surface area (Å²) < 4.78 is 5.81. The Bertz CT molecular complexity index is 521. The predicted molar refractivity (Wildman–Crippen MR) is 88.9 cm³/mol. The molecule has 2 rings (SSSR count). The summed E-state index contributed by atoms with van der Waals surface area (Å²) in [6.45, 7) is 4.40. The third-order valence-electron chi connectivity index (χ3n) is 3.92. The quantitative estimate of drug-likeness (QED) is 0.767. The van der Waals surface area contributed by atoms with Gasteiger partial charge in [-0.25, -0.2) is 0 Å². The van der Waals surface area contributed by atoms with Gasteiger partial charge in [0.25, 0.3) is 0 Å². The van der Waals surface area contributed by atoms with Gasteiger partial charge in [0, 0.05) is 6.04 Å².